The van der Waals surface area contributed by atoms with E-state index in [4.69, 9.17) is 25.8 Å². The Morgan fingerprint density at radius 2 is 2.00 bits per heavy atom. The summed E-state index contributed by atoms with van der Waals surface area (Å²) in [4.78, 5) is 15.0. The second kappa shape index (κ2) is 6.48. The highest BCUT2D eigenvalue weighted by Crippen LogP contribution is 2.40. The van der Waals surface area contributed by atoms with Crippen molar-refractivity contribution in [2.45, 2.75) is 25.4 Å². The lowest BCUT2D eigenvalue weighted by atomic mass is 10.1. The maximum Gasteiger partial charge on any atom is 0.254 e. The van der Waals surface area contributed by atoms with E-state index in [2.05, 4.69) is 0 Å². The zero-order chi connectivity index (χ0) is 17.4. The molecule has 0 aromatic heterocycles. The van der Waals surface area contributed by atoms with Crippen molar-refractivity contribution in [2.24, 2.45) is 0 Å². The van der Waals surface area contributed by atoms with Crippen molar-refractivity contribution in [1.29, 1.82) is 0 Å². The summed E-state index contributed by atoms with van der Waals surface area (Å²) < 4.78 is 15.9. The molecule has 0 bridgehead atoms. The first-order chi connectivity index (χ1) is 12.2. The van der Waals surface area contributed by atoms with Gasteiger partial charge >= 0.3 is 0 Å². The van der Waals surface area contributed by atoms with E-state index in [-0.39, 0.29) is 18.7 Å². The molecule has 0 saturated heterocycles. The minimum Gasteiger partial charge on any atom is -0.497 e. The van der Waals surface area contributed by atoms with Crippen LogP contribution in [0, 0.1) is 0 Å². The fourth-order valence-electron chi connectivity index (χ4n) is 2.94. The quantitative estimate of drug-likeness (QED) is 0.812. The van der Waals surface area contributed by atoms with Gasteiger partial charge in [-0.15, -0.1) is 0 Å². The molecule has 5 nitrogen and oxygen atoms in total. The van der Waals surface area contributed by atoms with Crippen LogP contribution in [0.25, 0.3) is 0 Å². The number of benzene rings is 2. The zero-order valence-electron chi connectivity index (χ0n) is 13.8. The van der Waals surface area contributed by atoms with Crippen molar-refractivity contribution in [3.8, 4) is 17.2 Å². The highest BCUT2D eigenvalue weighted by atomic mass is 35.5. The third-order valence-electron chi connectivity index (χ3n) is 4.43. The molecule has 4 rings (SSSR count). The lowest BCUT2D eigenvalue weighted by Crippen LogP contribution is -2.32. The second-order valence-corrected chi connectivity index (χ2v) is 6.61. The minimum atomic E-state index is -0.0430. The van der Waals surface area contributed by atoms with E-state index in [1.165, 1.54) is 0 Å². The number of hydrogen-bond donors (Lipinski definition) is 0. The van der Waals surface area contributed by atoms with Gasteiger partial charge in [0.1, 0.15) is 5.75 Å². The molecule has 6 heteroatoms. The molecule has 0 N–H and O–H groups in total. The Morgan fingerprint density at radius 1 is 1.24 bits per heavy atom. The summed E-state index contributed by atoms with van der Waals surface area (Å²) in [5.41, 5.74) is 1.59. The van der Waals surface area contributed by atoms with Crippen molar-refractivity contribution < 1.29 is 19.0 Å². The third kappa shape index (κ3) is 3.24. The van der Waals surface area contributed by atoms with Gasteiger partial charge in [-0.2, -0.15) is 0 Å². The summed E-state index contributed by atoms with van der Waals surface area (Å²) in [6.45, 7) is 0.685. The lowest BCUT2D eigenvalue weighted by molar-refractivity contribution is 0.0729. The average Bonchev–Trinajstić information content (AvgIpc) is 3.36. The number of hydrogen-bond acceptors (Lipinski definition) is 4. The molecule has 2 aromatic carbocycles. The molecule has 1 heterocycles. The van der Waals surface area contributed by atoms with Crippen LogP contribution in [0.4, 0.5) is 0 Å². The fraction of sp³-hybridized carbons (Fsp3) is 0.316. The molecule has 1 amide bonds. The maximum absolute atomic E-state index is 13.1. The summed E-state index contributed by atoms with van der Waals surface area (Å²) in [7, 11) is 1.64. The molecule has 1 aliphatic carbocycles. The number of carbonyl (C=O) groups is 1. The molecule has 130 valence electrons. The van der Waals surface area contributed by atoms with Gasteiger partial charge in [0, 0.05) is 18.2 Å². The Morgan fingerprint density at radius 3 is 2.68 bits per heavy atom. The van der Waals surface area contributed by atoms with Crippen molar-refractivity contribution in [3.05, 3.63) is 52.5 Å². The van der Waals surface area contributed by atoms with Crippen LogP contribution in [-0.4, -0.2) is 30.8 Å². The van der Waals surface area contributed by atoms with Gasteiger partial charge in [-0.3, -0.25) is 4.79 Å². The van der Waals surface area contributed by atoms with Gasteiger partial charge in [0.15, 0.2) is 11.5 Å². The minimum absolute atomic E-state index is 0.0430. The van der Waals surface area contributed by atoms with Crippen LogP contribution in [0.5, 0.6) is 17.2 Å². The highest BCUT2D eigenvalue weighted by Gasteiger charge is 2.34. The maximum atomic E-state index is 13.1. The second-order valence-electron chi connectivity index (χ2n) is 6.20. The van der Waals surface area contributed by atoms with Crippen molar-refractivity contribution in [3.63, 3.8) is 0 Å². The first-order valence-corrected chi connectivity index (χ1v) is 8.56. The largest absolute Gasteiger partial charge is 0.497 e. The molecule has 1 aliphatic heterocycles. The van der Waals surface area contributed by atoms with Crippen LogP contribution in [0.1, 0.15) is 28.8 Å². The van der Waals surface area contributed by atoms with E-state index in [1.54, 1.807) is 19.2 Å². The molecule has 25 heavy (non-hydrogen) atoms. The Bertz CT molecular complexity index is 802. The number of amides is 1. The highest BCUT2D eigenvalue weighted by molar-refractivity contribution is 6.32. The number of ether oxygens (including phenoxy) is 3. The summed E-state index contributed by atoms with van der Waals surface area (Å²) in [6, 6.07) is 11.4. The van der Waals surface area contributed by atoms with Crippen LogP contribution in [0.15, 0.2) is 36.4 Å². The number of methoxy groups -OCH3 is 1. The predicted molar refractivity (Wildman–Crippen MR) is 93.5 cm³/mol. The van der Waals surface area contributed by atoms with E-state index < -0.39 is 0 Å². The summed E-state index contributed by atoms with van der Waals surface area (Å²) in [5.74, 6) is 1.79. The summed E-state index contributed by atoms with van der Waals surface area (Å²) in [5, 5.41) is 0.401. The van der Waals surface area contributed by atoms with Gasteiger partial charge in [0.2, 0.25) is 6.79 Å². The molecule has 0 unspecified atom stereocenters. The number of halogens is 1. The fourth-order valence-corrected chi connectivity index (χ4v) is 3.20. The number of fused-ring (bicyclic) bond motifs is 1. The third-order valence-corrected chi connectivity index (χ3v) is 4.72. The van der Waals surface area contributed by atoms with E-state index in [0.29, 0.717) is 28.6 Å². The topological polar surface area (TPSA) is 48.0 Å². The van der Waals surface area contributed by atoms with Crippen LogP contribution in [0.2, 0.25) is 5.02 Å². The van der Waals surface area contributed by atoms with E-state index in [1.807, 2.05) is 29.2 Å². The van der Waals surface area contributed by atoms with Gasteiger partial charge in [-0.25, -0.2) is 0 Å². The SMILES string of the molecule is COc1ccc(CN(C(=O)c2cc(Cl)c3c(c2)OCO3)C2CC2)cc1. The van der Waals surface area contributed by atoms with Gasteiger partial charge < -0.3 is 19.1 Å². The van der Waals surface area contributed by atoms with Gasteiger partial charge in [-0.1, -0.05) is 23.7 Å². The van der Waals surface area contributed by atoms with Crippen LogP contribution in [0.3, 0.4) is 0 Å². The number of nitrogens with zero attached hydrogens (tertiary/aromatic N) is 1. The van der Waals surface area contributed by atoms with E-state index in [0.717, 1.165) is 24.2 Å². The van der Waals surface area contributed by atoms with Crippen LogP contribution in [-0.2, 0) is 6.54 Å². The van der Waals surface area contributed by atoms with Crippen molar-refractivity contribution in [2.75, 3.05) is 13.9 Å². The summed E-state index contributed by atoms with van der Waals surface area (Å²) in [6.07, 6.45) is 2.06. The Balaban J connectivity index is 1.58. The van der Waals surface area contributed by atoms with Crippen LogP contribution >= 0.6 is 11.6 Å². The molecular weight excluding hydrogens is 342 g/mol. The molecule has 2 aliphatic rings. The number of rotatable bonds is 5. The van der Waals surface area contributed by atoms with E-state index >= 15 is 0 Å². The Hall–Kier alpha value is -2.40. The monoisotopic (exact) mass is 359 g/mol. The molecule has 0 radical (unpaired) electrons. The average molecular weight is 360 g/mol. The molecule has 1 saturated carbocycles. The smallest absolute Gasteiger partial charge is 0.254 e. The van der Waals surface area contributed by atoms with Gasteiger partial charge in [0.05, 0.1) is 12.1 Å². The number of carbonyl (C=O) groups excluding carboxylic acids is 1. The standard InChI is InChI=1S/C19H18ClNO4/c1-23-15-6-2-12(3-7-15)10-21(14-4-5-14)19(22)13-8-16(20)18-17(9-13)24-11-25-18/h2-3,6-9,14H,4-5,10-11H2,1H3. The molecule has 0 spiro atoms. The Kier molecular flexibility index (Phi) is 4.17. The summed E-state index contributed by atoms with van der Waals surface area (Å²) >= 11 is 6.22. The predicted octanol–water partition coefficient (Wildman–Crippen LogP) is 3.88. The zero-order valence-corrected chi connectivity index (χ0v) is 14.6. The van der Waals surface area contributed by atoms with Gasteiger partial charge in [-0.05, 0) is 42.7 Å². The van der Waals surface area contributed by atoms with Crippen LogP contribution < -0.4 is 14.2 Å². The van der Waals surface area contributed by atoms with Crippen molar-refractivity contribution >= 4 is 17.5 Å². The molecule has 2 aromatic rings. The van der Waals surface area contributed by atoms with E-state index in [9.17, 15) is 4.79 Å². The first kappa shape index (κ1) is 16.1. The van der Waals surface area contributed by atoms with Crippen molar-refractivity contribution in [1.82, 2.24) is 4.90 Å². The van der Waals surface area contributed by atoms with Gasteiger partial charge in [0.25, 0.3) is 5.91 Å². The molecule has 0 atom stereocenters. The normalized spacial score (nSPS) is 15.1. The lowest BCUT2D eigenvalue weighted by Gasteiger charge is -2.23. The molecule has 1 fully saturated rings. The molecular formula is C19H18ClNO4. The Labute approximate surface area is 151 Å². The first-order valence-electron chi connectivity index (χ1n) is 8.19.